The average molecular weight is 1420 g/mol. The number of hydrogen-bond donors (Lipinski definition) is 13. The number of aromatic nitrogens is 4. The van der Waals surface area contributed by atoms with Crippen LogP contribution in [0, 0.1) is 11.6 Å². The Labute approximate surface area is 581 Å². The van der Waals surface area contributed by atoms with Crippen molar-refractivity contribution in [3.8, 4) is 5.75 Å². The molecule has 2 bridgehead atoms. The molecule has 31 heteroatoms. The number of fused-ring (bicyclic) bond motifs is 5. The lowest BCUT2D eigenvalue weighted by Crippen LogP contribution is -2.62. The Hall–Kier alpha value is -10.3. The lowest BCUT2D eigenvalue weighted by atomic mass is 9.95. The van der Waals surface area contributed by atoms with Gasteiger partial charge in [-0.1, -0.05) is 36.4 Å². The highest BCUT2D eigenvalue weighted by atomic mass is 32.2. The predicted molar refractivity (Wildman–Crippen MR) is 369 cm³/mol. The average Bonchev–Trinajstić information content (AvgIpc) is 1.62. The van der Waals surface area contributed by atoms with E-state index >= 15 is 19.2 Å². The first-order valence-corrected chi connectivity index (χ1v) is 34.8. The van der Waals surface area contributed by atoms with E-state index in [2.05, 4.69) is 62.5 Å². The fourth-order valence-electron chi connectivity index (χ4n) is 12.0. The molecule has 2 aliphatic rings. The van der Waals surface area contributed by atoms with Crippen LogP contribution in [0.3, 0.4) is 0 Å². The Bertz CT molecular complexity index is 4140. The number of ether oxygens (including phenoxy) is 1. The molecule has 100 heavy (non-hydrogen) atoms. The summed E-state index contributed by atoms with van der Waals surface area (Å²) in [5.41, 5.74) is 8.04. The fourth-order valence-corrected chi connectivity index (χ4v) is 13.7. The number of hydrogen-bond acceptors (Lipinski definition) is 15. The summed E-state index contributed by atoms with van der Waals surface area (Å²) in [6, 6.07) is 10.8. The van der Waals surface area contributed by atoms with E-state index in [0.717, 1.165) is 11.1 Å². The number of amides is 10. The number of nitrogens with two attached hydrogens (primary N) is 1. The van der Waals surface area contributed by atoms with E-state index in [1.165, 1.54) is 91.9 Å². The second-order valence-electron chi connectivity index (χ2n) is 24.8. The molecular formula is C69H80F2N14O13S2. The lowest BCUT2D eigenvalue weighted by Gasteiger charge is -2.36. The normalized spacial score (nSPS) is 22.8. The van der Waals surface area contributed by atoms with Crippen molar-refractivity contribution in [1.82, 2.24) is 67.4 Å². The summed E-state index contributed by atoms with van der Waals surface area (Å²) in [6.45, 7) is 3.33. The first-order chi connectivity index (χ1) is 47.9. The molecule has 0 aliphatic carbocycles. The molecule has 7 aromatic rings. The SMILES string of the molecule is COc1ccc(C[C@@H]2NC(=O)[C@H](Cc3ncc[nH]3)NC(=O)[C@H](CC(=O)O)NC(=O)[C@H](Cc3c[nH]c4ccc(F)cc34)NC(=O)[C@H](Cc3c[nH]c4ccc(F)cc34)NC(=O)[C@@H](C)NC(=O)[C@H](CCC(N)=O)NC(=O)CCSCc3cccc(c3)CSCCNC(=O)[C@]3(C)CCCN3C2=O)cc1. The number of benzene rings is 4. The van der Waals surface area contributed by atoms with Crippen LogP contribution in [-0.2, 0) is 89.9 Å². The van der Waals surface area contributed by atoms with E-state index < -0.39 is 144 Å². The molecule has 4 aromatic carbocycles. The van der Waals surface area contributed by atoms with E-state index in [0.29, 0.717) is 62.7 Å². The first kappa shape index (κ1) is 73.9. The second-order valence-corrected chi connectivity index (χ2v) is 27.0. The number of nitrogens with zero attached hydrogens (tertiary/aromatic N) is 2. The molecule has 1 fully saturated rings. The molecule has 9 rings (SSSR count). The van der Waals surface area contributed by atoms with Gasteiger partial charge in [0.1, 0.15) is 71.0 Å². The van der Waals surface area contributed by atoms with E-state index in [4.69, 9.17) is 10.5 Å². The van der Waals surface area contributed by atoms with Crippen molar-refractivity contribution in [2.75, 3.05) is 31.7 Å². The minimum atomic E-state index is -2.03. The summed E-state index contributed by atoms with van der Waals surface area (Å²) in [5, 5.41) is 32.1. The third-order valence-corrected chi connectivity index (χ3v) is 19.5. The van der Waals surface area contributed by atoms with Crippen LogP contribution >= 0.6 is 23.5 Å². The highest BCUT2D eigenvalue weighted by Gasteiger charge is 2.48. The molecule has 3 aromatic heterocycles. The summed E-state index contributed by atoms with van der Waals surface area (Å²) in [6.07, 6.45) is 3.34. The monoisotopic (exact) mass is 1410 g/mol. The van der Waals surface area contributed by atoms with E-state index in [1.807, 2.05) is 24.3 Å². The van der Waals surface area contributed by atoms with Gasteiger partial charge in [0.15, 0.2) is 0 Å². The predicted octanol–water partition coefficient (Wildman–Crippen LogP) is 3.15. The van der Waals surface area contributed by atoms with Gasteiger partial charge in [0, 0.05) is 121 Å². The van der Waals surface area contributed by atoms with Crippen LogP contribution in [0.15, 0.2) is 110 Å². The summed E-state index contributed by atoms with van der Waals surface area (Å²) >= 11 is 3.04. The van der Waals surface area contributed by atoms with Gasteiger partial charge in [-0.3, -0.25) is 52.7 Å². The van der Waals surface area contributed by atoms with Crippen molar-refractivity contribution in [3.63, 3.8) is 0 Å². The molecule has 8 atom stereocenters. The van der Waals surface area contributed by atoms with Crippen molar-refractivity contribution in [1.29, 1.82) is 0 Å². The van der Waals surface area contributed by atoms with Crippen molar-refractivity contribution in [3.05, 3.63) is 155 Å². The summed E-state index contributed by atoms with van der Waals surface area (Å²) in [4.78, 5) is 171. The number of rotatable bonds is 14. The molecule has 2 aliphatic heterocycles. The van der Waals surface area contributed by atoms with Gasteiger partial charge >= 0.3 is 5.97 Å². The molecule has 5 heterocycles. The van der Waals surface area contributed by atoms with Gasteiger partial charge in [-0.2, -0.15) is 23.5 Å². The van der Waals surface area contributed by atoms with Gasteiger partial charge in [-0.15, -0.1) is 0 Å². The lowest BCUT2D eigenvalue weighted by molar-refractivity contribution is -0.146. The van der Waals surface area contributed by atoms with Crippen molar-refractivity contribution in [2.24, 2.45) is 5.73 Å². The maximum atomic E-state index is 15.2. The minimum absolute atomic E-state index is 0.0424. The number of carboxylic acids is 1. The Kier molecular flexibility index (Phi) is 25.5. The maximum Gasteiger partial charge on any atom is 0.305 e. The zero-order valence-electron chi connectivity index (χ0n) is 55.1. The van der Waals surface area contributed by atoms with E-state index in [9.17, 15) is 47.4 Å². The number of H-pyrrole nitrogens is 3. The summed E-state index contributed by atoms with van der Waals surface area (Å²) < 4.78 is 35.2. The van der Waals surface area contributed by atoms with E-state index in [-0.39, 0.29) is 68.4 Å². The number of aromatic amines is 3. The molecule has 27 nitrogen and oxygen atoms in total. The third-order valence-electron chi connectivity index (χ3n) is 17.4. The second kappa shape index (κ2) is 34.5. The largest absolute Gasteiger partial charge is 0.497 e. The molecule has 1 saturated heterocycles. The number of nitrogens with one attached hydrogen (secondary N) is 11. The van der Waals surface area contributed by atoms with Crippen LogP contribution in [-0.4, -0.2) is 175 Å². The Morgan fingerprint density at radius 3 is 1.80 bits per heavy atom. The van der Waals surface area contributed by atoms with E-state index in [1.54, 1.807) is 43.0 Å². The standard InChI is InChI=1S/C69H80F2N14O13S2/c1-38-61(90)80-52(28-42-34-76-49-14-10-44(70)30-47(42)49)63(92)81-53(29-43-35-77-50-15-11-45(71)31-48(43)50)64(93)83-55(33-60(88)89)66(95)82-54(32-58-73-20-21-74-58)65(94)84-56(27-39-8-12-46(98-3)13-9-39)67(96)85-23-5-19-69(85,2)68(97)75-22-25-100-37-41-7-4-6-40(26-41)36-99-24-18-59(87)79-51(62(91)78-38)16-17-57(72)86/h4,6-15,20-21,26,30-31,34-35,38,51-56,76-77H,5,16-19,22-25,27-29,32-33,36-37H2,1-3H3,(H2,72,86)(H,73,74)(H,75,97)(H,78,91)(H,79,87)(H,80,90)(H,81,92)(H,82,95)(H,83,93)(H,84,94)(H,88,89)/t38-,51+,52+,53+,54+,55+,56+,69+/m1/s1. The van der Waals surface area contributed by atoms with Crippen molar-refractivity contribution < 1.29 is 71.4 Å². The van der Waals surface area contributed by atoms with Gasteiger partial charge < -0.3 is 78.0 Å². The number of methoxy groups -OCH3 is 1. The molecule has 10 amide bonds. The van der Waals surface area contributed by atoms with Crippen LogP contribution in [0.5, 0.6) is 5.75 Å². The van der Waals surface area contributed by atoms with Crippen LogP contribution in [0.4, 0.5) is 8.78 Å². The van der Waals surface area contributed by atoms with Gasteiger partial charge in [-0.05, 0) is 109 Å². The quantitative estimate of drug-likeness (QED) is 0.0744. The zero-order valence-corrected chi connectivity index (χ0v) is 56.8. The topological polar surface area (TPSA) is 403 Å². The summed E-state index contributed by atoms with van der Waals surface area (Å²) in [5.74, 6) is -8.95. The van der Waals surface area contributed by atoms with Crippen LogP contribution in [0.2, 0.25) is 0 Å². The Morgan fingerprint density at radius 1 is 0.660 bits per heavy atom. The maximum absolute atomic E-state index is 15.2. The number of carbonyl (C=O) groups excluding carboxylic acids is 10. The number of carbonyl (C=O) groups is 11. The number of imidazole rings is 1. The first-order valence-electron chi connectivity index (χ1n) is 32.5. The number of carboxylic acid groups (broad SMARTS) is 1. The molecule has 14 N–H and O–H groups in total. The van der Waals surface area contributed by atoms with Gasteiger partial charge in [0.2, 0.25) is 59.1 Å². The molecule has 0 unspecified atom stereocenters. The van der Waals surface area contributed by atoms with Gasteiger partial charge in [-0.25, -0.2) is 13.8 Å². The van der Waals surface area contributed by atoms with Gasteiger partial charge in [0.25, 0.3) is 0 Å². The summed E-state index contributed by atoms with van der Waals surface area (Å²) in [7, 11) is 1.48. The highest BCUT2D eigenvalue weighted by Crippen LogP contribution is 2.31. The number of aliphatic carboxylic acids is 1. The number of thioether (sulfide) groups is 2. The van der Waals surface area contributed by atoms with Crippen LogP contribution in [0.1, 0.15) is 86.0 Å². The number of primary amides is 1. The van der Waals surface area contributed by atoms with Crippen molar-refractivity contribution in [2.45, 2.75) is 137 Å². The third kappa shape index (κ3) is 20.0. The fraction of sp³-hybridized carbons (Fsp3) is 0.391. The Morgan fingerprint density at radius 2 is 1.22 bits per heavy atom. The van der Waals surface area contributed by atoms with Gasteiger partial charge in [0.05, 0.1) is 13.5 Å². The van der Waals surface area contributed by atoms with Crippen molar-refractivity contribution >= 4 is 110 Å². The molecule has 0 radical (unpaired) electrons. The molecule has 0 spiro atoms. The Balaban J connectivity index is 1.06. The number of halogens is 2. The van der Waals surface area contributed by atoms with Crippen LogP contribution < -0.4 is 53.0 Å². The molecule has 530 valence electrons. The van der Waals surface area contributed by atoms with Crippen LogP contribution in [0.25, 0.3) is 21.8 Å². The molecule has 0 saturated carbocycles. The zero-order chi connectivity index (χ0) is 71.6. The smallest absolute Gasteiger partial charge is 0.305 e. The minimum Gasteiger partial charge on any atom is -0.497 e. The molecular weight excluding hydrogens is 1330 g/mol. The highest BCUT2D eigenvalue weighted by molar-refractivity contribution is 7.98.